The van der Waals surface area contributed by atoms with Gasteiger partial charge < -0.3 is 0 Å². The fourth-order valence-electron chi connectivity index (χ4n) is 2.26. The molecule has 2 rings (SSSR count). The van der Waals surface area contributed by atoms with Gasteiger partial charge in [-0.2, -0.15) is 0 Å². The van der Waals surface area contributed by atoms with Crippen molar-refractivity contribution < 1.29 is 0 Å². The molecule has 1 aromatic heterocycles. The smallest absolute Gasteiger partial charge is 0.268 e. The molecule has 0 bridgehead atoms. The van der Waals surface area contributed by atoms with Gasteiger partial charge in [0, 0.05) is 21.7 Å². The van der Waals surface area contributed by atoms with E-state index in [-0.39, 0.29) is 5.56 Å². The zero-order chi connectivity index (χ0) is 14.0. The highest BCUT2D eigenvalue weighted by molar-refractivity contribution is 7.97. The lowest BCUT2D eigenvalue weighted by atomic mass is 10.0. The first-order valence-electron chi connectivity index (χ1n) is 6.24. The van der Waals surface area contributed by atoms with Crippen molar-refractivity contribution in [2.24, 2.45) is 0 Å². The lowest BCUT2D eigenvalue weighted by Gasteiger charge is -2.10. The number of hydrogen-bond donors (Lipinski definition) is 0. The molecular formula is C16H17NOS. The van der Waals surface area contributed by atoms with Gasteiger partial charge in [-0.15, -0.1) is 0 Å². The van der Waals surface area contributed by atoms with E-state index in [1.807, 2.05) is 38.1 Å². The monoisotopic (exact) mass is 271 g/mol. The van der Waals surface area contributed by atoms with E-state index in [2.05, 4.69) is 13.2 Å². The minimum absolute atomic E-state index is 0.00106. The number of nitrogens with zero attached hydrogens (tertiary/aromatic N) is 1. The Bertz CT molecular complexity index is 802. The first-order valence-corrected chi connectivity index (χ1v) is 7.18. The second kappa shape index (κ2) is 5.49. The third-order valence-electron chi connectivity index (χ3n) is 3.10. The van der Waals surface area contributed by atoms with E-state index in [0.717, 1.165) is 32.7 Å². The van der Waals surface area contributed by atoms with E-state index in [9.17, 15) is 4.79 Å². The molecule has 0 N–H and O–H groups in total. The van der Waals surface area contributed by atoms with Crippen molar-refractivity contribution in [3.8, 4) is 0 Å². The second-order valence-corrected chi connectivity index (χ2v) is 5.34. The summed E-state index contributed by atoms with van der Waals surface area (Å²) in [6.45, 7) is 11.8. The van der Waals surface area contributed by atoms with Gasteiger partial charge in [0.15, 0.2) is 0 Å². The molecule has 19 heavy (non-hydrogen) atoms. The average molecular weight is 271 g/mol. The number of pyridine rings is 1. The van der Waals surface area contributed by atoms with Crippen molar-refractivity contribution in [2.45, 2.75) is 13.8 Å². The molecule has 3 heteroatoms. The zero-order valence-corrected chi connectivity index (χ0v) is 12.1. The summed E-state index contributed by atoms with van der Waals surface area (Å²) in [6.07, 6.45) is 3.65. The highest BCUT2D eigenvalue weighted by Gasteiger charge is 2.08. The van der Waals surface area contributed by atoms with E-state index in [1.165, 1.54) is 11.9 Å². The predicted molar refractivity (Wildman–Crippen MR) is 86.7 cm³/mol. The molecule has 0 spiro atoms. The summed E-state index contributed by atoms with van der Waals surface area (Å²) >= 11 is 1.48. The fourth-order valence-corrected chi connectivity index (χ4v) is 2.99. The third kappa shape index (κ3) is 2.15. The van der Waals surface area contributed by atoms with Crippen molar-refractivity contribution in [3.63, 3.8) is 0 Å². The summed E-state index contributed by atoms with van der Waals surface area (Å²) in [5.74, 6) is 0.832. The first kappa shape index (κ1) is 13.7. The minimum atomic E-state index is 0.00106. The summed E-state index contributed by atoms with van der Waals surface area (Å²) in [4.78, 5) is 12.5. The van der Waals surface area contributed by atoms with Gasteiger partial charge in [0.1, 0.15) is 0 Å². The van der Waals surface area contributed by atoms with Crippen LogP contribution in [-0.2, 0) is 0 Å². The molecule has 0 aliphatic rings. The average Bonchev–Trinajstić information content (AvgIpc) is 2.43. The number of fused-ring (bicyclic) bond motifs is 1. The molecular weight excluding hydrogens is 254 g/mol. The topological polar surface area (TPSA) is 22.0 Å². The predicted octanol–water partition coefficient (Wildman–Crippen LogP) is 2.37. The van der Waals surface area contributed by atoms with Crippen LogP contribution in [-0.4, -0.2) is 9.73 Å². The van der Waals surface area contributed by atoms with Gasteiger partial charge >= 0.3 is 0 Å². The maximum Gasteiger partial charge on any atom is 0.268 e. The van der Waals surface area contributed by atoms with Gasteiger partial charge in [-0.05, 0) is 24.4 Å². The van der Waals surface area contributed by atoms with Gasteiger partial charge in [-0.3, -0.25) is 8.77 Å². The van der Waals surface area contributed by atoms with Crippen LogP contribution in [0.3, 0.4) is 0 Å². The van der Waals surface area contributed by atoms with Gasteiger partial charge in [-0.25, -0.2) is 0 Å². The lowest BCUT2D eigenvalue weighted by Crippen LogP contribution is -2.40. The van der Waals surface area contributed by atoms with E-state index in [0.29, 0.717) is 0 Å². The maximum absolute atomic E-state index is 12.5. The summed E-state index contributed by atoms with van der Waals surface area (Å²) in [5, 5.41) is 3.43. The van der Waals surface area contributed by atoms with Crippen molar-refractivity contribution in [3.05, 3.63) is 51.3 Å². The molecule has 0 saturated heterocycles. The molecule has 1 heterocycles. The van der Waals surface area contributed by atoms with Crippen molar-refractivity contribution in [2.75, 3.05) is 5.75 Å². The Balaban J connectivity index is 3.15. The van der Waals surface area contributed by atoms with Gasteiger partial charge in [0.2, 0.25) is 0 Å². The van der Waals surface area contributed by atoms with Crippen LogP contribution < -0.4 is 16.1 Å². The molecule has 0 fully saturated rings. The summed E-state index contributed by atoms with van der Waals surface area (Å²) in [6, 6.07) is 5.95. The molecule has 0 amide bonds. The minimum Gasteiger partial charge on any atom is -0.268 e. The number of rotatable bonds is 3. The Morgan fingerprint density at radius 3 is 2.74 bits per heavy atom. The summed E-state index contributed by atoms with van der Waals surface area (Å²) in [7, 11) is 0. The first-order chi connectivity index (χ1) is 9.15. The Morgan fingerprint density at radius 1 is 1.42 bits per heavy atom. The molecule has 0 unspecified atom stereocenters. The van der Waals surface area contributed by atoms with Crippen LogP contribution in [0.5, 0.6) is 0 Å². The molecule has 98 valence electrons. The molecule has 1 aromatic carbocycles. The molecule has 0 atom stereocenters. The number of aromatic nitrogens is 1. The molecule has 0 aliphatic carbocycles. The van der Waals surface area contributed by atoms with Crippen LogP contribution in [0.4, 0.5) is 0 Å². The van der Waals surface area contributed by atoms with Crippen molar-refractivity contribution in [1.82, 2.24) is 3.97 Å². The van der Waals surface area contributed by atoms with Crippen LogP contribution in [0.25, 0.3) is 29.5 Å². The zero-order valence-electron chi connectivity index (χ0n) is 11.3. The molecule has 2 aromatic rings. The Morgan fingerprint density at radius 2 is 2.16 bits per heavy atom. The van der Waals surface area contributed by atoms with Gasteiger partial charge in [0.25, 0.3) is 5.56 Å². The van der Waals surface area contributed by atoms with Crippen LogP contribution in [0.2, 0.25) is 0 Å². The lowest BCUT2D eigenvalue weighted by molar-refractivity contribution is 1.10. The van der Waals surface area contributed by atoms with E-state index in [1.54, 1.807) is 10.0 Å². The largest absolute Gasteiger partial charge is 0.268 e. The highest BCUT2D eigenvalue weighted by Crippen LogP contribution is 2.13. The fraction of sp³-hybridized carbons (Fsp3) is 0.188. The highest BCUT2D eigenvalue weighted by atomic mass is 32.2. The molecule has 0 radical (unpaired) electrons. The second-order valence-electron chi connectivity index (χ2n) is 4.14. The van der Waals surface area contributed by atoms with Crippen molar-refractivity contribution in [1.29, 1.82) is 0 Å². The quantitative estimate of drug-likeness (QED) is 0.855. The molecule has 0 saturated carbocycles. The SMILES string of the molecule is C=Cc1cccc2c(=C)n(SCC)c(=O)/c(=C/C)c12. The molecule has 0 aliphatic heterocycles. The van der Waals surface area contributed by atoms with Crippen LogP contribution in [0.15, 0.2) is 29.6 Å². The van der Waals surface area contributed by atoms with Gasteiger partial charge in [0.05, 0.1) is 5.35 Å². The van der Waals surface area contributed by atoms with E-state index >= 15 is 0 Å². The molecule has 2 nitrogen and oxygen atoms in total. The van der Waals surface area contributed by atoms with E-state index in [4.69, 9.17) is 0 Å². The Hall–Kier alpha value is -1.74. The summed E-state index contributed by atoms with van der Waals surface area (Å²) in [5.41, 5.74) is 0.974. The third-order valence-corrected chi connectivity index (χ3v) is 4.01. The van der Waals surface area contributed by atoms with Gasteiger partial charge in [-0.1, -0.05) is 50.4 Å². The van der Waals surface area contributed by atoms with E-state index < -0.39 is 0 Å². The number of hydrogen-bond acceptors (Lipinski definition) is 2. The van der Waals surface area contributed by atoms with Crippen LogP contribution in [0, 0.1) is 0 Å². The maximum atomic E-state index is 12.5. The Kier molecular flexibility index (Phi) is 3.96. The van der Waals surface area contributed by atoms with Crippen LogP contribution in [0.1, 0.15) is 19.4 Å². The number of benzene rings is 1. The van der Waals surface area contributed by atoms with Crippen molar-refractivity contribution >= 4 is 41.5 Å². The normalized spacial score (nSPS) is 12.0. The Labute approximate surface area is 116 Å². The standard InChI is InChI=1S/C16H17NOS/c1-5-12-9-8-10-14-11(4)17(19-7-3)16(18)13(6-2)15(12)14/h5-6,8-10H,1,4,7H2,2-3H3/b13-6+. The summed E-state index contributed by atoms with van der Waals surface area (Å²) < 4.78 is 1.69. The van der Waals surface area contributed by atoms with Crippen LogP contribution >= 0.6 is 11.9 Å².